The zero-order valence-electron chi connectivity index (χ0n) is 13.8. The van der Waals surface area contributed by atoms with E-state index in [1.54, 1.807) is 18.2 Å². The molecule has 0 unspecified atom stereocenters. The minimum absolute atomic E-state index is 0.141. The lowest BCUT2D eigenvalue weighted by Crippen LogP contribution is -2.08. The van der Waals surface area contributed by atoms with Crippen LogP contribution in [0.25, 0.3) is 0 Å². The van der Waals surface area contributed by atoms with Crippen LogP contribution in [0.5, 0.6) is 17.2 Å². The van der Waals surface area contributed by atoms with Gasteiger partial charge in [-0.3, -0.25) is 0 Å². The van der Waals surface area contributed by atoms with E-state index in [9.17, 15) is 4.39 Å². The van der Waals surface area contributed by atoms with Gasteiger partial charge in [0.2, 0.25) is 5.90 Å². The molecule has 0 saturated heterocycles. The quantitative estimate of drug-likeness (QED) is 0.627. The Labute approximate surface area is 150 Å². The highest BCUT2D eigenvalue weighted by Gasteiger charge is 2.25. The maximum Gasteiger partial charge on any atom is 0.235 e. The van der Waals surface area contributed by atoms with E-state index in [2.05, 4.69) is 5.16 Å². The Morgan fingerprint density at radius 1 is 0.808 bits per heavy atom. The standard InChI is InChI=1S/C21H16FNO3/c22-18-8-4-5-9-19(18)25-21-14-20(26-23-21)15-10-12-17(13-11-15)24-16-6-2-1-3-7-16/h1-13,20H,14H2/t20-/m0/s1. The molecule has 0 radical (unpaired) electrons. The molecule has 1 aliphatic heterocycles. The van der Waals surface area contributed by atoms with E-state index < -0.39 is 5.82 Å². The lowest BCUT2D eigenvalue weighted by atomic mass is 10.1. The predicted octanol–water partition coefficient (Wildman–Crippen LogP) is 5.47. The van der Waals surface area contributed by atoms with Crippen LogP contribution in [0.3, 0.4) is 0 Å². The molecule has 1 aliphatic rings. The van der Waals surface area contributed by atoms with E-state index in [0.29, 0.717) is 12.3 Å². The summed E-state index contributed by atoms with van der Waals surface area (Å²) in [4.78, 5) is 5.42. The van der Waals surface area contributed by atoms with Crippen LogP contribution in [0.4, 0.5) is 4.39 Å². The minimum atomic E-state index is -0.430. The van der Waals surface area contributed by atoms with Gasteiger partial charge in [-0.25, -0.2) is 4.39 Å². The number of nitrogens with zero attached hydrogens (tertiary/aromatic N) is 1. The number of rotatable bonds is 4. The van der Waals surface area contributed by atoms with Crippen molar-refractivity contribution in [2.75, 3.05) is 0 Å². The average Bonchev–Trinajstić information content (AvgIpc) is 3.14. The second kappa shape index (κ2) is 7.27. The van der Waals surface area contributed by atoms with Crippen LogP contribution in [0, 0.1) is 5.82 Å². The molecule has 1 atom stereocenters. The van der Waals surface area contributed by atoms with Crippen LogP contribution in [0.15, 0.2) is 84.0 Å². The average molecular weight is 349 g/mol. The van der Waals surface area contributed by atoms with E-state index in [0.717, 1.165) is 17.1 Å². The van der Waals surface area contributed by atoms with Crippen molar-refractivity contribution in [3.05, 3.63) is 90.2 Å². The molecule has 0 saturated carbocycles. The largest absolute Gasteiger partial charge is 0.457 e. The highest BCUT2D eigenvalue weighted by Crippen LogP contribution is 2.31. The Kier molecular flexibility index (Phi) is 4.51. The van der Waals surface area contributed by atoms with E-state index in [4.69, 9.17) is 14.3 Å². The second-order valence-corrected chi connectivity index (χ2v) is 5.80. The third kappa shape index (κ3) is 3.67. The van der Waals surface area contributed by atoms with Gasteiger partial charge < -0.3 is 14.3 Å². The van der Waals surface area contributed by atoms with Gasteiger partial charge in [0, 0.05) is 0 Å². The van der Waals surface area contributed by atoms with Crippen LogP contribution in [0.1, 0.15) is 18.1 Å². The summed E-state index contributed by atoms with van der Waals surface area (Å²) in [5, 5.41) is 3.92. The molecule has 1 heterocycles. The van der Waals surface area contributed by atoms with Crippen molar-refractivity contribution >= 4 is 5.90 Å². The predicted molar refractivity (Wildman–Crippen MR) is 95.9 cm³/mol. The topological polar surface area (TPSA) is 40.0 Å². The Morgan fingerprint density at radius 3 is 2.27 bits per heavy atom. The third-order valence-electron chi connectivity index (χ3n) is 3.94. The van der Waals surface area contributed by atoms with Crippen LogP contribution < -0.4 is 9.47 Å². The first-order chi connectivity index (χ1) is 12.8. The highest BCUT2D eigenvalue weighted by molar-refractivity contribution is 5.79. The van der Waals surface area contributed by atoms with Crippen LogP contribution in [0.2, 0.25) is 0 Å². The fourth-order valence-corrected chi connectivity index (χ4v) is 2.62. The summed E-state index contributed by atoms with van der Waals surface area (Å²) in [6, 6.07) is 23.4. The Balaban J connectivity index is 1.38. The maximum absolute atomic E-state index is 13.7. The van der Waals surface area contributed by atoms with Crippen LogP contribution in [-0.2, 0) is 4.84 Å². The first-order valence-corrected chi connectivity index (χ1v) is 8.26. The molecule has 0 amide bonds. The van der Waals surface area contributed by atoms with Crippen LogP contribution in [-0.4, -0.2) is 5.90 Å². The van der Waals surface area contributed by atoms with Crippen molar-refractivity contribution in [2.24, 2.45) is 5.16 Å². The summed E-state index contributed by atoms with van der Waals surface area (Å²) >= 11 is 0. The number of hydrogen-bond donors (Lipinski definition) is 0. The van der Waals surface area contributed by atoms with Crippen molar-refractivity contribution in [1.29, 1.82) is 0 Å². The summed E-state index contributed by atoms with van der Waals surface area (Å²) in [6.45, 7) is 0. The molecule has 0 bridgehead atoms. The zero-order chi connectivity index (χ0) is 17.8. The molecule has 3 aromatic rings. The van der Waals surface area contributed by atoms with Crippen LogP contribution >= 0.6 is 0 Å². The monoisotopic (exact) mass is 349 g/mol. The zero-order valence-corrected chi connectivity index (χ0v) is 13.8. The van der Waals surface area contributed by atoms with Gasteiger partial charge in [-0.1, -0.05) is 47.6 Å². The fourth-order valence-electron chi connectivity index (χ4n) is 2.62. The molecule has 3 aromatic carbocycles. The van der Waals surface area contributed by atoms with Gasteiger partial charge in [0.05, 0.1) is 6.42 Å². The van der Waals surface area contributed by atoms with E-state index in [1.807, 2.05) is 54.6 Å². The van der Waals surface area contributed by atoms with E-state index in [1.165, 1.54) is 6.07 Å². The first-order valence-electron chi connectivity index (χ1n) is 8.26. The number of ether oxygens (including phenoxy) is 2. The van der Waals surface area contributed by atoms with Gasteiger partial charge in [-0.05, 0) is 42.0 Å². The molecule has 130 valence electrons. The van der Waals surface area contributed by atoms with E-state index in [-0.39, 0.29) is 11.9 Å². The van der Waals surface area contributed by atoms with Gasteiger partial charge in [0.15, 0.2) is 17.7 Å². The maximum atomic E-state index is 13.7. The number of benzene rings is 3. The lowest BCUT2D eigenvalue weighted by Gasteiger charge is -2.10. The number of oxime groups is 1. The second-order valence-electron chi connectivity index (χ2n) is 5.80. The molecule has 0 aromatic heterocycles. The lowest BCUT2D eigenvalue weighted by molar-refractivity contribution is 0.0855. The van der Waals surface area contributed by atoms with Crippen molar-refractivity contribution in [3.8, 4) is 17.2 Å². The molecule has 5 heteroatoms. The molecule has 26 heavy (non-hydrogen) atoms. The summed E-state index contributed by atoms with van der Waals surface area (Å²) in [5.41, 5.74) is 0.946. The summed E-state index contributed by atoms with van der Waals surface area (Å²) in [5.74, 6) is 1.58. The minimum Gasteiger partial charge on any atom is -0.457 e. The Bertz CT molecular complexity index is 910. The molecular weight excluding hydrogens is 333 g/mol. The van der Waals surface area contributed by atoms with Gasteiger partial charge >= 0.3 is 0 Å². The van der Waals surface area contributed by atoms with Crippen molar-refractivity contribution in [1.82, 2.24) is 0 Å². The highest BCUT2D eigenvalue weighted by atomic mass is 19.1. The van der Waals surface area contributed by atoms with Gasteiger partial charge in [-0.2, -0.15) is 0 Å². The fraction of sp³-hybridized carbons (Fsp3) is 0.0952. The van der Waals surface area contributed by atoms with Crippen molar-refractivity contribution < 1.29 is 18.7 Å². The smallest absolute Gasteiger partial charge is 0.235 e. The molecule has 4 rings (SSSR count). The number of hydrogen-bond acceptors (Lipinski definition) is 4. The first kappa shape index (κ1) is 16.1. The molecule has 0 spiro atoms. The Morgan fingerprint density at radius 2 is 1.50 bits per heavy atom. The number of para-hydroxylation sites is 2. The van der Waals surface area contributed by atoms with Crippen molar-refractivity contribution in [3.63, 3.8) is 0 Å². The van der Waals surface area contributed by atoms with E-state index >= 15 is 0 Å². The normalized spacial score (nSPS) is 15.9. The molecule has 0 fully saturated rings. The third-order valence-corrected chi connectivity index (χ3v) is 3.94. The molecule has 0 aliphatic carbocycles. The van der Waals surface area contributed by atoms with Crippen molar-refractivity contribution in [2.45, 2.75) is 12.5 Å². The Hall–Kier alpha value is -3.34. The van der Waals surface area contributed by atoms with Gasteiger partial charge in [0.1, 0.15) is 11.5 Å². The summed E-state index contributed by atoms with van der Waals surface area (Å²) in [7, 11) is 0. The summed E-state index contributed by atoms with van der Waals surface area (Å²) in [6.07, 6.45) is 0.176. The summed E-state index contributed by atoms with van der Waals surface area (Å²) < 4.78 is 24.9. The number of halogens is 1. The van der Waals surface area contributed by atoms with Gasteiger partial charge in [-0.15, -0.1) is 0 Å². The molecule has 0 N–H and O–H groups in total. The molecule has 4 nitrogen and oxygen atoms in total. The SMILES string of the molecule is Fc1ccccc1OC1=NO[C@H](c2ccc(Oc3ccccc3)cc2)C1. The van der Waals surface area contributed by atoms with Gasteiger partial charge in [0.25, 0.3) is 0 Å². The molecular formula is C21H16FNO3.